The van der Waals surface area contributed by atoms with E-state index in [4.69, 9.17) is 9.90 Å². The molecule has 9 heavy (non-hydrogen) atoms. The third-order valence-electron chi connectivity index (χ3n) is 1.03. The molecule has 0 radical (unpaired) electrons. The van der Waals surface area contributed by atoms with E-state index in [2.05, 4.69) is 5.32 Å². The lowest BCUT2D eigenvalue weighted by atomic mass is 10.3. The minimum absolute atomic E-state index is 0.0648. The van der Waals surface area contributed by atoms with Crippen molar-refractivity contribution < 1.29 is 9.90 Å². The average molecular weight is 131 g/mol. The van der Waals surface area contributed by atoms with E-state index in [0.717, 1.165) is 25.8 Å². The van der Waals surface area contributed by atoms with Crippen LogP contribution in [-0.4, -0.2) is 30.6 Å². The van der Waals surface area contributed by atoms with Crippen molar-refractivity contribution in [1.29, 1.82) is 0 Å². The first kappa shape index (κ1) is 8.59. The van der Waals surface area contributed by atoms with Crippen LogP contribution >= 0.6 is 0 Å². The zero-order valence-corrected chi connectivity index (χ0v) is 5.63. The molecule has 0 aromatic rings. The van der Waals surface area contributed by atoms with Crippen LogP contribution in [0.1, 0.15) is 13.3 Å². The minimum Gasteiger partial charge on any atom is -0.392 e. The number of aliphatic hydroxyl groups is 1. The van der Waals surface area contributed by atoms with Gasteiger partial charge >= 0.3 is 0 Å². The second-order valence-corrected chi connectivity index (χ2v) is 1.88. The van der Waals surface area contributed by atoms with Crippen LogP contribution in [0.5, 0.6) is 0 Å². The van der Waals surface area contributed by atoms with Gasteiger partial charge in [0.15, 0.2) is 0 Å². The molecule has 0 aliphatic carbocycles. The van der Waals surface area contributed by atoms with Crippen LogP contribution in [0.15, 0.2) is 0 Å². The molecule has 0 saturated carbocycles. The summed E-state index contributed by atoms with van der Waals surface area (Å²) in [5.41, 5.74) is 0. The smallest absolute Gasteiger partial charge is 0.116 e. The Balaban J connectivity index is 0.000000187. The predicted octanol–water partition coefficient (Wildman–Crippen LogP) is -0.454. The van der Waals surface area contributed by atoms with E-state index >= 15 is 0 Å². The van der Waals surface area contributed by atoms with Gasteiger partial charge in [0.2, 0.25) is 0 Å². The zero-order valence-electron chi connectivity index (χ0n) is 5.63. The molecular formula is C6H13NO2. The molecule has 2 N–H and O–H groups in total. The van der Waals surface area contributed by atoms with Gasteiger partial charge in [-0.15, -0.1) is 0 Å². The highest BCUT2D eigenvalue weighted by Gasteiger charge is 2.08. The van der Waals surface area contributed by atoms with Crippen LogP contribution in [0, 0.1) is 0 Å². The summed E-state index contributed by atoms with van der Waals surface area (Å²) >= 11 is 0. The third kappa shape index (κ3) is 5.46. The van der Waals surface area contributed by atoms with Crippen LogP contribution in [0.3, 0.4) is 0 Å². The second-order valence-electron chi connectivity index (χ2n) is 1.88. The van der Waals surface area contributed by atoms with Gasteiger partial charge in [-0.2, -0.15) is 0 Å². The third-order valence-corrected chi connectivity index (χ3v) is 1.03. The molecule has 1 saturated heterocycles. The normalized spacial score (nSPS) is 24.4. The molecule has 0 aromatic carbocycles. The van der Waals surface area contributed by atoms with Gasteiger partial charge in [-0.25, -0.2) is 0 Å². The molecule has 0 bridgehead atoms. The number of hydrogen-bond donors (Lipinski definition) is 2. The van der Waals surface area contributed by atoms with E-state index in [1.165, 1.54) is 6.92 Å². The van der Waals surface area contributed by atoms with Crippen LogP contribution in [-0.2, 0) is 4.79 Å². The summed E-state index contributed by atoms with van der Waals surface area (Å²) in [6, 6.07) is 0. The summed E-state index contributed by atoms with van der Waals surface area (Å²) in [5.74, 6) is 0. The van der Waals surface area contributed by atoms with Gasteiger partial charge in [0.1, 0.15) is 6.29 Å². The van der Waals surface area contributed by atoms with Crippen molar-refractivity contribution in [3.05, 3.63) is 0 Å². The Morgan fingerprint density at radius 1 is 1.78 bits per heavy atom. The molecule has 1 aliphatic rings. The average Bonchev–Trinajstić information content (AvgIpc) is 2.20. The summed E-state index contributed by atoms with van der Waals surface area (Å²) in [6.07, 6.45) is 1.62. The lowest BCUT2D eigenvalue weighted by Crippen LogP contribution is -2.11. The van der Waals surface area contributed by atoms with Crippen molar-refractivity contribution in [3.63, 3.8) is 0 Å². The number of nitrogens with one attached hydrogen (secondary N) is 1. The van der Waals surface area contributed by atoms with E-state index in [-0.39, 0.29) is 6.10 Å². The molecular weight excluding hydrogens is 118 g/mol. The van der Waals surface area contributed by atoms with Crippen molar-refractivity contribution in [3.8, 4) is 0 Å². The van der Waals surface area contributed by atoms with Crippen LogP contribution in [0.4, 0.5) is 0 Å². The van der Waals surface area contributed by atoms with Crippen molar-refractivity contribution in [2.24, 2.45) is 0 Å². The minimum atomic E-state index is -0.0648. The molecule has 1 rings (SSSR count). The molecule has 54 valence electrons. The lowest BCUT2D eigenvalue weighted by Gasteiger charge is -1.90. The molecule has 1 heterocycles. The van der Waals surface area contributed by atoms with Gasteiger partial charge < -0.3 is 15.2 Å². The molecule has 0 aromatic heterocycles. The Kier molecular flexibility index (Phi) is 5.46. The summed E-state index contributed by atoms with van der Waals surface area (Å²) in [6.45, 7) is 3.22. The Morgan fingerprint density at radius 2 is 2.33 bits per heavy atom. The molecule has 1 atom stereocenters. The summed E-state index contributed by atoms with van der Waals surface area (Å²) in [4.78, 5) is 8.81. The van der Waals surface area contributed by atoms with Crippen molar-refractivity contribution >= 4 is 6.29 Å². The number of β-amino-alcohol motifs (C(OH)–C–C–N with tert-alkyl or cyclic N) is 1. The Bertz CT molecular complexity index is 69.5. The van der Waals surface area contributed by atoms with E-state index in [9.17, 15) is 0 Å². The number of aldehydes is 1. The zero-order chi connectivity index (χ0) is 7.11. The van der Waals surface area contributed by atoms with Gasteiger partial charge in [-0.05, 0) is 19.9 Å². The summed E-state index contributed by atoms with van der Waals surface area (Å²) in [7, 11) is 0. The molecule has 1 fully saturated rings. The first-order valence-corrected chi connectivity index (χ1v) is 3.09. The fourth-order valence-electron chi connectivity index (χ4n) is 0.639. The van der Waals surface area contributed by atoms with Gasteiger partial charge in [-0.3, -0.25) is 0 Å². The number of carbonyl (C=O) groups excluding carboxylic acids is 1. The quantitative estimate of drug-likeness (QED) is 0.438. The SMILES string of the molecule is CC=O.OC1CCNC1. The molecule has 1 aliphatic heterocycles. The van der Waals surface area contributed by atoms with Crippen LogP contribution < -0.4 is 5.32 Å². The Labute approximate surface area is 55.1 Å². The molecule has 0 amide bonds. The first-order valence-electron chi connectivity index (χ1n) is 3.09. The fourth-order valence-corrected chi connectivity index (χ4v) is 0.639. The summed E-state index contributed by atoms with van der Waals surface area (Å²) < 4.78 is 0. The first-order chi connectivity index (χ1) is 4.31. The standard InChI is InChI=1S/C4H9NO.C2H4O/c6-4-1-2-5-3-4;1-2-3/h4-6H,1-3H2;2H,1H3. The maximum Gasteiger partial charge on any atom is 0.116 e. The fraction of sp³-hybridized carbons (Fsp3) is 0.833. The number of aliphatic hydroxyl groups excluding tert-OH is 1. The Morgan fingerprint density at radius 3 is 2.44 bits per heavy atom. The van der Waals surface area contributed by atoms with E-state index in [1.54, 1.807) is 0 Å². The van der Waals surface area contributed by atoms with Crippen molar-refractivity contribution in [2.75, 3.05) is 13.1 Å². The van der Waals surface area contributed by atoms with E-state index in [0.29, 0.717) is 0 Å². The number of carbonyl (C=O) groups is 1. The van der Waals surface area contributed by atoms with Crippen molar-refractivity contribution in [1.82, 2.24) is 5.32 Å². The van der Waals surface area contributed by atoms with Crippen LogP contribution in [0.2, 0.25) is 0 Å². The van der Waals surface area contributed by atoms with E-state index in [1.807, 2.05) is 0 Å². The lowest BCUT2D eigenvalue weighted by molar-refractivity contribution is -0.106. The molecule has 0 spiro atoms. The predicted molar refractivity (Wildman–Crippen MR) is 35.2 cm³/mol. The molecule has 3 nitrogen and oxygen atoms in total. The van der Waals surface area contributed by atoms with Crippen molar-refractivity contribution in [2.45, 2.75) is 19.4 Å². The maximum atomic E-state index is 8.81. The monoisotopic (exact) mass is 131 g/mol. The van der Waals surface area contributed by atoms with Gasteiger partial charge in [0, 0.05) is 6.54 Å². The number of rotatable bonds is 0. The van der Waals surface area contributed by atoms with Crippen LogP contribution in [0.25, 0.3) is 0 Å². The highest BCUT2D eigenvalue weighted by atomic mass is 16.3. The largest absolute Gasteiger partial charge is 0.392 e. The number of hydrogen-bond acceptors (Lipinski definition) is 3. The highest BCUT2D eigenvalue weighted by Crippen LogP contribution is 1.93. The molecule has 1 unspecified atom stereocenters. The van der Waals surface area contributed by atoms with Gasteiger partial charge in [-0.1, -0.05) is 0 Å². The maximum absolute atomic E-state index is 8.81. The summed E-state index contributed by atoms with van der Waals surface area (Å²) in [5, 5.41) is 11.7. The molecule has 3 heteroatoms. The van der Waals surface area contributed by atoms with E-state index < -0.39 is 0 Å². The van der Waals surface area contributed by atoms with Gasteiger partial charge in [0.25, 0.3) is 0 Å². The topological polar surface area (TPSA) is 49.3 Å². The highest BCUT2D eigenvalue weighted by molar-refractivity contribution is 5.44. The van der Waals surface area contributed by atoms with Gasteiger partial charge in [0.05, 0.1) is 6.10 Å². The second kappa shape index (κ2) is 5.72. The Hall–Kier alpha value is -0.410.